The molecule has 12 nitrogen and oxygen atoms in total. The lowest BCUT2D eigenvalue weighted by Gasteiger charge is -2.36. The zero-order valence-corrected chi connectivity index (χ0v) is 26.9. The van der Waals surface area contributed by atoms with Crippen molar-refractivity contribution in [3.05, 3.63) is 47.7 Å². The Balaban J connectivity index is 1.55. The molecule has 242 valence electrons. The van der Waals surface area contributed by atoms with Crippen molar-refractivity contribution in [2.24, 2.45) is 11.3 Å². The lowest BCUT2D eigenvalue weighted by Crippen LogP contribution is -2.61. The van der Waals surface area contributed by atoms with Crippen molar-refractivity contribution < 1.29 is 32.3 Å². The van der Waals surface area contributed by atoms with E-state index in [1.807, 2.05) is 37.3 Å². The van der Waals surface area contributed by atoms with E-state index < -0.39 is 63.2 Å². The Morgan fingerprint density at radius 3 is 2.38 bits per heavy atom. The standard InChI is InChI=1S/C32H41N5O7S/c1-19(2)27-29(39)34-21(4)30(40)37-15-5-6-25(36-37)28(38)33-20(3)24-10-9-23-8-7-22(18-26(23)35-24)11-12-32(31(41)44-27)13-16-45(42,43)17-14-32/h7-12,18-21,25,27,36H,5-6,13-17H2,1-4H3,(H,33,38)(H,34,39)/b12-11+/t20-,21+,25+,27?/m1/s1. The number of nitrogens with one attached hydrogen (secondary N) is 3. The molecule has 3 aliphatic heterocycles. The molecule has 0 aliphatic carbocycles. The van der Waals surface area contributed by atoms with E-state index >= 15 is 0 Å². The Hall–Kier alpha value is -3.84. The summed E-state index contributed by atoms with van der Waals surface area (Å²) in [4.78, 5) is 58.6. The van der Waals surface area contributed by atoms with Gasteiger partial charge in [-0.15, -0.1) is 0 Å². The van der Waals surface area contributed by atoms with Crippen molar-refractivity contribution in [1.29, 1.82) is 0 Å². The Morgan fingerprint density at radius 2 is 1.67 bits per heavy atom. The van der Waals surface area contributed by atoms with Gasteiger partial charge in [-0.25, -0.2) is 13.8 Å². The van der Waals surface area contributed by atoms with Crippen molar-refractivity contribution in [1.82, 2.24) is 26.1 Å². The Kier molecular flexibility index (Phi) is 9.31. The van der Waals surface area contributed by atoms with Crippen LogP contribution in [0.15, 0.2) is 36.4 Å². The average Bonchev–Trinajstić information content (AvgIpc) is 3.01. The zero-order chi connectivity index (χ0) is 32.5. The number of esters is 1. The summed E-state index contributed by atoms with van der Waals surface area (Å²) in [5.74, 6) is -2.84. The maximum Gasteiger partial charge on any atom is 0.316 e. The molecule has 1 spiro atoms. The third kappa shape index (κ3) is 7.19. The first-order valence-corrected chi connectivity index (χ1v) is 17.3. The summed E-state index contributed by atoms with van der Waals surface area (Å²) < 4.78 is 30.6. The van der Waals surface area contributed by atoms with E-state index in [2.05, 4.69) is 16.1 Å². The molecule has 2 saturated heterocycles. The van der Waals surface area contributed by atoms with Gasteiger partial charge in [0.15, 0.2) is 6.10 Å². The highest BCUT2D eigenvalue weighted by Crippen LogP contribution is 2.37. The van der Waals surface area contributed by atoms with Gasteiger partial charge < -0.3 is 15.4 Å². The van der Waals surface area contributed by atoms with Crippen molar-refractivity contribution in [2.75, 3.05) is 18.1 Å². The van der Waals surface area contributed by atoms with E-state index in [4.69, 9.17) is 9.72 Å². The first-order chi connectivity index (χ1) is 21.3. The number of ether oxygens (including phenoxy) is 1. The van der Waals surface area contributed by atoms with Crippen LogP contribution in [0, 0.1) is 11.3 Å². The van der Waals surface area contributed by atoms with Crippen LogP contribution in [-0.2, 0) is 33.8 Å². The Bertz CT molecular complexity index is 1630. The number of hydrazine groups is 1. The molecular formula is C32H41N5O7S. The third-order valence-corrected chi connectivity index (χ3v) is 10.5. The highest BCUT2D eigenvalue weighted by molar-refractivity contribution is 7.91. The number of sulfone groups is 1. The molecule has 1 aromatic carbocycles. The minimum Gasteiger partial charge on any atom is -0.451 e. The number of aromatic nitrogens is 1. The summed E-state index contributed by atoms with van der Waals surface area (Å²) in [6.45, 7) is 7.19. The third-order valence-electron chi connectivity index (χ3n) is 8.86. The summed E-state index contributed by atoms with van der Waals surface area (Å²) in [7, 11) is -3.32. The number of amides is 3. The number of benzene rings is 1. The molecule has 0 saturated carbocycles. The summed E-state index contributed by atoms with van der Waals surface area (Å²) >= 11 is 0. The molecule has 2 fully saturated rings. The molecule has 3 aliphatic rings. The minimum absolute atomic E-state index is 0.0149. The zero-order valence-electron chi connectivity index (χ0n) is 26.0. The van der Waals surface area contributed by atoms with E-state index in [0.717, 1.165) is 10.9 Å². The lowest BCUT2D eigenvalue weighted by atomic mass is 9.81. The normalized spacial score (nSPS) is 28.4. The first-order valence-electron chi connectivity index (χ1n) is 15.5. The largest absolute Gasteiger partial charge is 0.451 e. The van der Waals surface area contributed by atoms with Gasteiger partial charge >= 0.3 is 5.97 Å². The van der Waals surface area contributed by atoms with Gasteiger partial charge in [-0.1, -0.05) is 44.2 Å². The van der Waals surface area contributed by atoms with Crippen LogP contribution in [0.5, 0.6) is 0 Å². The van der Waals surface area contributed by atoms with Gasteiger partial charge in [0.1, 0.15) is 21.9 Å². The van der Waals surface area contributed by atoms with Crippen molar-refractivity contribution in [3.63, 3.8) is 0 Å². The molecule has 5 rings (SSSR count). The molecule has 0 radical (unpaired) electrons. The predicted molar refractivity (Wildman–Crippen MR) is 168 cm³/mol. The summed E-state index contributed by atoms with van der Waals surface area (Å²) in [6, 6.07) is 7.37. The van der Waals surface area contributed by atoms with Crippen LogP contribution in [0.25, 0.3) is 17.0 Å². The van der Waals surface area contributed by atoms with Gasteiger partial charge in [0.05, 0.1) is 34.2 Å². The number of fused-ring (bicyclic) bond motifs is 4. The molecule has 1 unspecified atom stereocenters. The van der Waals surface area contributed by atoms with Crippen molar-refractivity contribution >= 4 is 50.5 Å². The van der Waals surface area contributed by atoms with Crippen LogP contribution in [-0.4, -0.2) is 78.3 Å². The number of carbonyl (C=O) groups is 4. The topological polar surface area (TPSA) is 164 Å². The molecule has 13 heteroatoms. The molecule has 45 heavy (non-hydrogen) atoms. The molecule has 4 atom stereocenters. The smallest absolute Gasteiger partial charge is 0.316 e. The Labute approximate surface area is 263 Å². The number of carbonyl (C=O) groups excluding carboxylic acids is 4. The summed E-state index contributed by atoms with van der Waals surface area (Å²) in [6.07, 6.45) is 3.36. The maximum absolute atomic E-state index is 13.9. The fraction of sp³-hybridized carbons (Fsp3) is 0.531. The average molecular weight is 640 g/mol. The number of cyclic esters (lactones) is 1. The second-order valence-electron chi connectivity index (χ2n) is 12.7. The molecule has 2 aromatic rings. The second kappa shape index (κ2) is 12.9. The highest BCUT2D eigenvalue weighted by atomic mass is 32.2. The van der Waals surface area contributed by atoms with E-state index in [-0.39, 0.29) is 30.3 Å². The van der Waals surface area contributed by atoms with Gasteiger partial charge in [0.25, 0.3) is 11.8 Å². The van der Waals surface area contributed by atoms with E-state index in [9.17, 15) is 27.6 Å². The monoisotopic (exact) mass is 639 g/mol. The van der Waals surface area contributed by atoms with Crippen LogP contribution < -0.4 is 16.1 Å². The molecule has 4 heterocycles. The van der Waals surface area contributed by atoms with E-state index in [0.29, 0.717) is 30.6 Å². The minimum atomic E-state index is -3.32. The second-order valence-corrected chi connectivity index (χ2v) is 15.0. The molecule has 5 bridgehead atoms. The molecule has 3 N–H and O–H groups in total. The number of nitrogens with zero attached hydrogens (tertiary/aromatic N) is 2. The Morgan fingerprint density at radius 1 is 0.978 bits per heavy atom. The van der Waals surface area contributed by atoms with Gasteiger partial charge in [0, 0.05) is 11.9 Å². The number of hydrogen-bond acceptors (Lipinski definition) is 9. The fourth-order valence-corrected chi connectivity index (χ4v) is 7.48. The quantitative estimate of drug-likeness (QED) is 0.397. The lowest BCUT2D eigenvalue weighted by molar-refractivity contribution is -0.167. The van der Waals surface area contributed by atoms with Crippen LogP contribution in [0.1, 0.15) is 70.7 Å². The van der Waals surface area contributed by atoms with E-state index in [1.165, 1.54) is 11.9 Å². The summed E-state index contributed by atoms with van der Waals surface area (Å²) in [5, 5.41) is 7.90. The maximum atomic E-state index is 13.9. The van der Waals surface area contributed by atoms with Gasteiger partial charge in [-0.3, -0.25) is 29.2 Å². The molecular weight excluding hydrogens is 598 g/mol. The number of hydrogen-bond donors (Lipinski definition) is 3. The van der Waals surface area contributed by atoms with Crippen LogP contribution in [0.2, 0.25) is 0 Å². The van der Waals surface area contributed by atoms with Gasteiger partial charge in [-0.05, 0) is 63.1 Å². The predicted octanol–water partition coefficient (Wildman–Crippen LogP) is 2.20. The highest BCUT2D eigenvalue weighted by Gasteiger charge is 2.45. The summed E-state index contributed by atoms with van der Waals surface area (Å²) in [5.41, 5.74) is 3.82. The molecule has 3 amide bonds. The van der Waals surface area contributed by atoms with E-state index in [1.54, 1.807) is 26.0 Å². The SMILES string of the molecule is CC(C)C1OC(=O)C2(/C=C/c3ccc4ccc(nc4c3)[C@@H](C)NC(=O)[C@@H]3CCCN(N3)C(=O)[C@H](C)NC1=O)CCS(=O)(=O)CC2. The number of rotatable bonds is 1. The van der Waals surface area contributed by atoms with Crippen molar-refractivity contribution in [3.8, 4) is 0 Å². The van der Waals surface area contributed by atoms with Crippen molar-refractivity contribution in [2.45, 2.75) is 77.6 Å². The van der Waals surface area contributed by atoms with Crippen LogP contribution in [0.3, 0.4) is 0 Å². The van der Waals surface area contributed by atoms with Crippen LogP contribution >= 0.6 is 0 Å². The van der Waals surface area contributed by atoms with Crippen LogP contribution in [0.4, 0.5) is 0 Å². The van der Waals surface area contributed by atoms with Gasteiger partial charge in [0.2, 0.25) is 5.91 Å². The molecule has 1 aromatic heterocycles. The number of pyridine rings is 1. The van der Waals surface area contributed by atoms with Gasteiger partial charge in [-0.2, -0.15) is 0 Å². The fourth-order valence-electron chi connectivity index (χ4n) is 5.93. The first kappa shape index (κ1) is 32.6.